The van der Waals surface area contributed by atoms with Crippen LogP contribution in [0.1, 0.15) is 49.7 Å². The molecule has 2 heterocycles. The van der Waals surface area contributed by atoms with E-state index in [0.717, 1.165) is 31.9 Å². The van der Waals surface area contributed by atoms with Crippen molar-refractivity contribution in [3.05, 3.63) is 35.4 Å². The molecule has 0 radical (unpaired) electrons. The number of amides is 2. The predicted molar refractivity (Wildman–Crippen MR) is 99.5 cm³/mol. The number of hydrogen-bond donors (Lipinski definition) is 0. The molecule has 2 aliphatic rings. The third kappa shape index (κ3) is 5.26. The Morgan fingerprint density at radius 3 is 2.64 bits per heavy atom. The molecule has 7 heteroatoms. The molecule has 0 saturated carbocycles. The summed E-state index contributed by atoms with van der Waals surface area (Å²) < 4.78 is 39.4. The number of likely N-dealkylation sites (tertiary alicyclic amines) is 2. The van der Waals surface area contributed by atoms with Crippen LogP contribution in [0.4, 0.5) is 13.2 Å². The Balaban J connectivity index is 1.50. The number of benzene rings is 1. The van der Waals surface area contributed by atoms with Crippen LogP contribution in [-0.2, 0) is 22.2 Å². The van der Waals surface area contributed by atoms with Crippen molar-refractivity contribution in [2.75, 3.05) is 26.2 Å². The zero-order valence-corrected chi connectivity index (χ0v) is 16.0. The lowest BCUT2D eigenvalue weighted by atomic mass is 9.90. The highest BCUT2D eigenvalue weighted by Gasteiger charge is 2.33. The van der Waals surface area contributed by atoms with Gasteiger partial charge in [0.05, 0.1) is 5.56 Å². The fourth-order valence-corrected chi connectivity index (χ4v) is 4.23. The van der Waals surface area contributed by atoms with Crippen molar-refractivity contribution in [3.63, 3.8) is 0 Å². The van der Waals surface area contributed by atoms with E-state index in [1.54, 1.807) is 17.0 Å². The third-order valence-electron chi connectivity index (χ3n) is 5.78. The molecular weight excluding hydrogens is 369 g/mol. The van der Waals surface area contributed by atoms with Gasteiger partial charge in [0.25, 0.3) is 0 Å². The molecule has 2 aliphatic heterocycles. The van der Waals surface area contributed by atoms with E-state index < -0.39 is 11.7 Å². The maximum Gasteiger partial charge on any atom is 0.416 e. The molecule has 0 aliphatic carbocycles. The van der Waals surface area contributed by atoms with E-state index in [4.69, 9.17) is 0 Å². The van der Waals surface area contributed by atoms with E-state index in [-0.39, 0.29) is 17.7 Å². The predicted octanol–water partition coefficient (Wildman–Crippen LogP) is 3.89. The van der Waals surface area contributed by atoms with Gasteiger partial charge in [-0.1, -0.05) is 18.2 Å². The van der Waals surface area contributed by atoms with Crippen LogP contribution < -0.4 is 0 Å². The molecule has 2 saturated heterocycles. The van der Waals surface area contributed by atoms with Crippen LogP contribution in [0.5, 0.6) is 0 Å². The Kier molecular flexibility index (Phi) is 6.62. The van der Waals surface area contributed by atoms with Crippen molar-refractivity contribution < 1.29 is 22.8 Å². The van der Waals surface area contributed by atoms with Gasteiger partial charge in [0.15, 0.2) is 0 Å². The molecule has 0 spiro atoms. The van der Waals surface area contributed by atoms with Crippen LogP contribution in [0, 0.1) is 5.92 Å². The number of nitrogens with zero attached hydrogens (tertiary/aromatic N) is 2. The summed E-state index contributed by atoms with van der Waals surface area (Å²) >= 11 is 0. The average Bonchev–Trinajstić information content (AvgIpc) is 3.09. The minimum atomic E-state index is -4.34. The lowest BCUT2D eigenvalue weighted by molar-refractivity contribution is -0.138. The number of alkyl halides is 3. The van der Waals surface area contributed by atoms with Crippen LogP contribution in [-0.4, -0.2) is 47.8 Å². The molecule has 1 atom stereocenters. The summed E-state index contributed by atoms with van der Waals surface area (Å²) in [6.45, 7) is 2.49. The lowest BCUT2D eigenvalue weighted by Gasteiger charge is -2.33. The maximum atomic E-state index is 13.1. The molecule has 154 valence electrons. The maximum absolute atomic E-state index is 13.1. The monoisotopic (exact) mass is 396 g/mol. The highest BCUT2D eigenvalue weighted by Crippen LogP contribution is 2.33. The second kappa shape index (κ2) is 8.97. The zero-order valence-electron chi connectivity index (χ0n) is 16.0. The van der Waals surface area contributed by atoms with E-state index in [9.17, 15) is 22.8 Å². The van der Waals surface area contributed by atoms with Crippen molar-refractivity contribution in [3.8, 4) is 0 Å². The van der Waals surface area contributed by atoms with Crippen LogP contribution in [0.15, 0.2) is 24.3 Å². The summed E-state index contributed by atoms with van der Waals surface area (Å²) in [6, 6.07) is 5.73. The summed E-state index contributed by atoms with van der Waals surface area (Å²) in [5.74, 6) is 0.375. The molecule has 4 nitrogen and oxygen atoms in total. The first-order chi connectivity index (χ1) is 13.3. The van der Waals surface area contributed by atoms with Gasteiger partial charge in [-0.2, -0.15) is 13.2 Å². The van der Waals surface area contributed by atoms with Gasteiger partial charge in [-0.05, 0) is 49.7 Å². The molecule has 0 aromatic heterocycles. The first kappa shape index (κ1) is 20.7. The first-order valence-electron chi connectivity index (χ1n) is 10.1. The lowest BCUT2D eigenvalue weighted by Crippen LogP contribution is -2.41. The second-order valence-corrected chi connectivity index (χ2v) is 7.78. The highest BCUT2D eigenvalue weighted by molar-refractivity contribution is 5.80. The van der Waals surface area contributed by atoms with Crippen molar-refractivity contribution in [2.24, 2.45) is 5.92 Å². The summed E-state index contributed by atoms with van der Waals surface area (Å²) in [6.07, 6.45) is 0.236. The van der Waals surface area contributed by atoms with Gasteiger partial charge < -0.3 is 9.80 Å². The Morgan fingerprint density at radius 2 is 1.93 bits per heavy atom. The highest BCUT2D eigenvalue weighted by atomic mass is 19.4. The van der Waals surface area contributed by atoms with E-state index in [2.05, 4.69) is 0 Å². The van der Waals surface area contributed by atoms with Gasteiger partial charge in [-0.3, -0.25) is 9.59 Å². The standard InChI is InChI=1S/C21H27F3N2O2/c22-21(23,24)18-7-2-1-6-17(18)10-9-16-5-3-13-26(15-16)20(28)11-14-25-12-4-8-19(25)27/h1-2,6-7,16H,3-5,8-15H2. The topological polar surface area (TPSA) is 40.6 Å². The van der Waals surface area contributed by atoms with Gasteiger partial charge in [0, 0.05) is 39.0 Å². The van der Waals surface area contributed by atoms with Crippen molar-refractivity contribution in [2.45, 2.75) is 51.1 Å². The van der Waals surface area contributed by atoms with Gasteiger partial charge >= 0.3 is 6.18 Å². The SMILES string of the molecule is O=C1CCCN1CCC(=O)N1CCCC(CCc2ccccc2C(F)(F)F)C1. The van der Waals surface area contributed by atoms with Crippen LogP contribution in [0.25, 0.3) is 0 Å². The molecule has 3 rings (SSSR count). The summed E-state index contributed by atoms with van der Waals surface area (Å²) in [5.41, 5.74) is -0.236. The van der Waals surface area contributed by atoms with Gasteiger partial charge in [-0.15, -0.1) is 0 Å². The molecule has 0 bridgehead atoms. The normalized spacial score (nSPS) is 20.7. The Labute approximate surface area is 163 Å². The van der Waals surface area contributed by atoms with E-state index in [1.807, 2.05) is 4.90 Å². The number of halogens is 3. The minimum Gasteiger partial charge on any atom is -0.342 e. The fourth-order valence-electron chi connectivity index (χ4n) is 4.23. The van der Waals surface area contributed by atoms with Crippen LogP contribution in [0.2, 0.25) is 0 Å². The Hall–Kier alpha value is -2.05. The smallest absolute Gasteiger partial charge is 0.342 e. The van der Waals surface area contributed by atoms with Crippen molar-refractivity contribution in [1.82, 2.24) is 9.80 Å². The minimum absolute atomic E-state index is 0.0418. The number of piperidine rings is 1. The van der Waals surface area contributed by atoms with Gasteiger partial charge in [-0.25, -0.2) is 0 Å². The van der Waals surface area contributed by atoms with Gasteiger partial charge in [0.1, 0.15) is 0 Å². The molecule has 2 amide bonds. The number of carbonyl (C=O) groups excluding carboxylic acids is 2. The molecule has 1 unspecified atom stereocenters. The Bertz CT molecular complexity index is 705. The van der Waals surface area contributed by atoms with Gasteiger partial charge in [0.2, 0.25) is 11.8 Å². The largest absolute Gasteiger partial charge is 0.416 e. The first-order valence-corrected chi connectivity index (χ1v) is 10.1. The molecule has 2 fully saturated rings. The van der Waals surface area contributed by atoms with E-state index in [1.165, 1.54) is 6.07 Å². The molecule has 1 aromatic carbocycles. The molecular formula is C21H27F3N2O2. The number of rotatable bonds is 6. The Morgan fingerprint density at radius 1 is 1.14 bits per heavy atom. The summed E-state index contributed by atoms with van der Waals surface area (Å²) in [7, 11) is 0. The summed E-state index contributed by atoms with van der Waals surface area (Å²) in [5, 5.41) is 0. The third-order valence-corrected chi connectivity index (χ3v) is 5.78. The van der Waals surface area contributed by atoms with Crippen LogP contribution in [0.3, 0.4) is 0 Å². The number of hydrogen-bond acceptors (Lipinski definition) is 2. The van der Waals surface area contributed by atoms with Crippen molar-refractivity contribution >= 4 is 11.8 Å². The quantitative estimate of drug-likeness (QED) is 0.732. The molecule has 1 aromatic rings. The molecule has 28 heavy (non-hydrogen) atoms. The van der Waals surface area contributed by atoms with Crippen molar-refractivity contribution in [1.29, 1.82) is 0 Å². The average molecular weight is 396 g/mol. The zero-order chi connectivity index (χ0) is 20.1. The fraction of sp³-hybridized carbons (Fsp3) is 0.619. The van der Waals surface area contributed by atoms with E-state index >= 15 is 0 Å². The molecule has 0 N–H and O–H groups in total. The number of aryl methyl sites for hydroxylation is 1. The number of carbonyl (C=O) groups is 2. The van der Waals surface area contributed by atoms with E-state index in [0.29, 0.717) is 50.9 Å². The van der Waals surface area contributed by atoms with Crippen LogP contribution >= 0.6 is 0 Å². The second-order valence-electron chi connectivity index (χ2n) is 7.78. The summed E-state index contributed by atoms with van der Waals surface area (Å²) in [4.78, 5) is 27.7.